The average molecular weight is 199 g/mol. The summed E-state index contributed by atoms with van der Waals surface area (Å²) in [5.41, 5.74) is 1.33. The molecule has 0 radical (unpaired) electrons. The Bertz CT molecular complexity index is 496. The normalized spacial score (nSPS) is 9.60. The van der Waals surface area contributed by atoms with Crippen LogP contribution >= 0.6 is 0 Å². The van der Waals surface area contributed by atoms with Crippen LogP contribution in [-0.2, 0) is 0 Å². The van der Waals surface area contributed by atoms with Crippen LogP contribution < -0.4 is 4.74 Å². The largest absolute Gasteiger partial charge is 0.479 e. The first-order chi connectivity index (χ1) is 7.35. The van der Waals surface area contributed by atoms with E-state index in [1.165, 1.54) is 7.11 Å². The van der Waals surface area contributed by atoms with Crippen LogP contribution in [0, 0.1) is 11.3 Å². The van der Waals surface area contributed by atoms with Crippen LogP contribution in [0.4, 0.5) is 0 Å². The molecular formula is C11H9N3O. The third-order valence-corrected chi connectivity index (χ3v) is 2.01. The Labute approximate surface area is 87.3 Å². The maximum absolute atomic E-state index is 8.83. The summed E-state index contributed by atoms with van der Waals surface area (Å²) in [5, 5.41) is 13.0. The number of para-hydroxylation sites is 1. The van der Waals surface area contributed by atoms with Gasteiger partial charge in [0.2, 0.25) is 0 Å². The van der Waals surface area contributed by atoms with E-state index in [1.54, 1.807) is 10.9 Å². The highest BCUT2D eigenvalue weighted by Gasteiger charge is 2.08. The van der Waals surface area contributed by atoms with Crippen molar-refractivity contribution in [1.29, 1.82) is 5.26 Å². The lowest BCUT2D eigenvalue weighted by atomic mass is 10.3. The molecule has 0 fully saturated rings. The second-order valence-corrected chi connectivity index (χ2v) is 2.94. The summed E-state index contributed by atoms with van der Waals surface area (Å²) in [6.45, 7) is 0. The van der Waals surface area contributed by atoms with Crippen molar-refractivity contribution < 1.29 is 4.74 Å². The predicted octanol–water partition coefficient (Wildman–Crippen LogP) is 1.75. The SMILES string of the molecule is COc1nn(-c2ccccc2)cc1C#N. The first-order valence-corrected chi connectivity index (χ1v) is 4.44. The molecule has 1 heterocycles. The molecule has 0 saturated carbocycles. The molecular weight excluding hydrogens is 190 g/mol. The summed E-state index contributed by atoms with van der Waals surface area (Å²) >= 11 is 0. The van der Waals surface area contributed by atoms with Gasteiger partial charge in [0.1, 0.15) is 11.6 Å². The molecule has 0 aliphatic heterocycles. The molecule has 0 unspecified atom stereocenters. The van der Waals surface area contributed by atoms with Crippen LogP contribution in [0.15, 0.2) is 36.5 Å². The average Bonchev–Trinajstić information content (AvgIpc) is 2.73. The summed E-state index contributed by atoms with van der Waals surface area (Å²) in [6.07, 6.45) is 1.65. The van der Waals surface area contributed by atoms with E-state index in [0.717, 1.165) is 5.69 Å². The molecule has 4 heteroatoms. The zero-order chi connectivity index (χ0) is 10.7. The molecule has 2 aromatic rings. The number of nitrogens with zero attached hydrogens (tertiary/aromatic N) is 3. The third-order valence-electron chi connectivity index (χ3n) is 2.01. The third kappa shape index (κ3) is 1.67. The van der Waals surface area contributed by atoms with Gasteiger partial charge in [-0.05, 0) is 12.1 Å². The minimum atomic E-state index is 0.348. The number of aromatic nitrogens is 2. The number of hydrogen-bond donors (Lipinski definition) is 0. The lowest BCUT2D eigenvalue weighted by molar-refractivity contribution is 0.393. The van der Waals surface area contributed by atoms with Crippen LogP contribution in [0.3, 0.4) is 0 Å². The van der Waals surface area contributed by atoms with Gasteiger partial charge in [-0.3, -0.25) is 0 Å². The number of benzene rings is 1. The van der Waals surface area contributed by atoms with Crippen molar-refractivity contribution in [2.75, 3.05) is 7.11 Å². The predicted molar refractivity (Wildman–Crippen MR) is 54.8 cm³/mol. The molecule has 0 aliphatic rings. The lowest BCUT2D eigenvalue weighted by Crippen LogP contribution is -1.94. The fourth-order valence-corrected chi connectivity index (χ4v) is 1.30. The van der Waals surface area contributed by atoms with Crippen molar-refractivity contribution in [2.45, 2.75) is 0 Å². The molecule has 1 aromatic heterocycles. The minimum absolute atomic E-state index is 0.348. The van der Waals surface area contributed by atoms with E-state index in [9.17, 15) is 0 Å². The van der Waals surface area contributed by atoms with Crippen LogP contribution in [0.5, 0.6) is 5.88 Å². The zero-order valence-corrected chi connectivity index (χ0v) is 8.21. The standard InChI is InChI=1S/C11H9N3O/c1-15-11-9(7-12)8-14(13-11)10-5-3-2-4-6-10/h2-6,8H,1H3. The van der Waals surface area contributed by atoms with E-state index in [-0.39, 0.29) is 0 Å². The van der Waals surface area contributed by atoms with Gasteiger partial charge in [-0.25, -0.2) is 4.68 Å². The summed E-state index contributed by atoms with van der Waals surface area (Å²) in [6, 6.07) is 11.6. The van der Waals surface area contributed by atoms with Gasteiger partial charge in [-0.1, -0.05) is 18.2 Å². The van der Waals surface area contributed by atoms with E-state index in [4.69, 9.17) is 10.00 Å². The van der Waals surface area contributed by atoms with Gasteiger partial charge in [-0.2, -0.15) is 5.26 Å². The number of ether oxygens (including phenoxy) is 1. The van der Waals surface area contributed by atoms with E-state index in [1.807, 2.05) is 36.4 Å². The Balaban J connectivity index is 2.48. The number of methoxy groups -OCH3 is 1. The molecule has 0 N–H and O–H groups in total. The van der Waals surface area contributed by atoms with Gasteiger partial charge in [-0.15, -0.1) is 5.10 Å². The van der Waals surface area contributed by atoms with Crippen molar-refractivity contribution in [3.05, 3.63) is 42.1 Å². The fourth-order valence-electron chi connectivity index (χ4n) is 1.30. The van der Waals surface area contributed by atoms with Gasteiger partial charge in [0.25, 0.3) is 5.88 Å². The molecule has 0 saturated heterocycles. The summed E-state index contributed by atoms with van der Waals surface area (Å²) in [4.78, 5) is 0. The van der Waals surface area contributed by atoms with Crippen molar-refractivity contribution in [1.82, 2.24) is 9.78 Å². The van der Waals surface area contributed by atoms with Gasteiger partial charge < -0.3 is 4.74 Å². The molecule has 1 aromatic carbocycles. The van der Waals surface area contributed by atoms with Crippen LogP contribution in [0.1, 0.15) is 5.56 Å². The van der Waals surface area contributed by atoms with Crippen LogP contribution in [0.25, 0.3) is 5.69 Å². The van der Waals surface area contributed by atoms with E-state index >= 15 is 0 Å². The first-order valence-electron chi connectivity index (χ1n) is 4.44. The van der Waals surface area contributed by atoms with E-state index in [0.29, 0.717) is 11.4 Å². The second-order valence-electron chi connectivity index (χ2n) is 2.94. The number of nitriles is 1. The van der Waals surface area contributed by atoms with Crippen molar-refractivity contribution in [3.8, 4) is 17.6 Å². The zero-order valence-electron chi connectivity index (χ0n) is 8.21. The van der Waals surface area contributed by atoms with E-state index < -0.39 is 0 Å². The topological polar surface area (TPSA) is 50.8 Å². The van der Waals surface area contributed by atoms with Gasteiger partial charge in [0, 0.05) is 0 Å². The maximum Gasteiger partial charge on any atom is 0.251 e. The van der Waals surface area contributed by atoms with Crippen LogP contribution in [0.2, 0.25) is 0 Å². The quantitative estimate of drug-likeness (QED) is 0.740. The molecule has 0 amide bonds. The first kappa shape index (κ1) is 9.28. The highest BCUT2D eigenvalue weighted by molar-refractivity contribution is 5.40. The van der Waals surface area contributed by atoms with Gasteiger partial charge >= 0.3 is 0 Å². The Kier molecular flexibility index (Phi) is 2.38. The highest BCUT2D eigenvalue weighted by atomic mass is 16.5. The van der Waals surface area contributed by atoms with Gasteiger partial charge in [0.05, 0.1) is 19.0 Å². The molecule has 2 rings (SSSR count). The lowest BCUT2D eigenvalue weighted by Gasteiger charge is -1.98. The monoisotopic (exact) mass is 199 g/mol. The molecule has 0 bridgehead atoms. The Morgan fingerprint density at radius 2 is 2.07 bits per heavy atom. The summed E-state index contributed by atoms with van der Waals surface area (Å²) in [5.74, 6) is 0.348. The molecule has 15 heavy (non-hydrogen) atoms. The molecule has 4 nitrogen and oxygen atoms in total. The molecule has 0 aliphatic carbocycles. The Morgan fingerprint density at radius 3 is 2.60 bits per heavy atom. The van der Waals surface area contributed by atoms with E-state index in [2.05, 4.69) is 5.10 Å². The summed E-state index contributed by atoms with van der Waals surface area (Å²) < 4.78 is 6.61. The van der Waals surface area contributed by atoms with Crippen molar-refractivity contribution in [3.63, 3.8) is 0 Å². The Morgan fingerprint density at radius 1 is 1.33 bits per heavy atom. The molecule has 74 valence electrons. The number of hydrogen-bond acceptors (Lipinski definition) is 3. The minimum Gasteiger partial charge on any atom is -0.479 e. The molecule has 0 atom stereocenters. The Hall–Kier alpha value is -2.28. The van der Waals surface area contributed by atoms with Gasteiger partial charge in [0.15, 0.2) is 0 Å². The maximum atomic E-state index is 8.83. The summed E-state index contributed by atoms with van der Waals surface area (Å²) in [7, 11) is 1.50. The number of rotatable bonds is 2. The van der Waals surface area contributed by atoms with Crippen molar-refractivity contribution >= 4 is 0 Å². The van der Waals surface area contributed by atoms with Crippen LogP contribution in [-0.4, -0.2) is 16.9 Å². The molecule has 0 spiro atoms. The highest BCUT2D eigenvalue weighted by Crippen LogP contribution is 2.16. The van der Waals surface area contributed by atoms with Crippen molar-refractivity contribution in [2.24, 2.45) is 0 Å². The second kappa shape index (κ2) is 3.84. The fraction of sp³-hybridized carbons (Fsp3) is 0.0909. The smallest absolute Gasteiger partial charge is 0.251 e.